The molecule has 4 rings (SSSR count). The third-order valence-corrected chi connectivity index (χ3v) is 5.95. The molecule has 3 atom stereocenters. The maximum atomic E-state index is 12.7. The van der Waals surface area contributed by atoms with Crippen LogP contribution in [-0.4, -0.2) is 36.5 Å². The molecule has 1 aromatic rings. The predicted molar refractivity (Wildman–Crippen MR) is 95.7 cm³/mol. The molecule has 128 valence electrons. The van der Waals surface area contributed by atoms with Crippen molar-refractivity contribution in [1.82, 2.24) is 10.6 Å². The Bertz CT molecular complexity index is 653. The normalized spacial score (nSPS) is 32.2. The molecule has 2 N–H and O–H groups in total. The Hall–Kier alpha value is -1.40. The van der Waals surface area contributed by atoms with Crippen molar-refractivity contribution in [1.29, 1.82) is 0 Å². The highest BCUT2D eigenvalue weighted by Gasteiger charge is 2.40. The van der Waals surface area contributed by atoms with E-state index in [0.717, 1.165) is 23.0 Å². The van der Waals surface area contributed by atoms with Gasteiger partial charge in [-0.3, -0.25) is 9.59 Å². The second-order valence-corrected chi connectivity index (χ2v) is 8.04. The SMILES string of the molecule is O=C(NC1CC2CCC(C1)N2)C1CCN(c2cccc(Br)c2)C1=O. The summed E-state index contributed by atoms with van der Waals surface area (Å²) in [5, 5.41) is 6.71. The van der Waals surface area contributed by atoms with Crippen LogP contribution in [0.2, 0.25) is 0 Å². The third kappa shape index (κ3) is 3.09. The molecule has 3 fully saturated rings. The van der Waals surface area contributed by atoms with Crippen molar-refractivity contribution in [3.63, 3.8) is 0 Å². The zero-order chi connectivity index (χ0) is 16.7. The molecule has 0 radical (unpaired) electrons. The van der Waals surface area contributed by atoms with Gasteiger partial charge in [0.15, 0.2) is 0 Å². The Labute approximate surface area is 150 Å². The Morgan fingerprint density at radius 2 is 1.96 bits per heavy atom. The van der Waals surface area contributed by atoms with Crippen LogP contribution in [0.15, 0.2) is 28.7 Å². The first-order chi connectivity index (χ1) is 11.6. The van der Waals surface area contributed by atoms with Crippen LogP contribution in [0.1, 0.15) is 32.1 Å². The van der Waals surface area contributed by atoms with Crippen molar-refractivity contribution < 1.29 is 9.59 Å². The van der Waals surface area contributed by atoms with E-state index in [9.17, 15) is 9.59 Å². The average molecular weight is 392 g/mol. The van der Waals surface area contributed by atoms with E-state index < -0.39 is 5.92 Å². The summed E-state index contributed by atoms with van der Waals surface area (Å²) in [6.07, 6.45) is 4.97. The molecule has 0 saturated carbocycles. The molecule has 0 spiro atoms. The number of carbonyl (C=O) groups excluding carboxylic acids is 2. The minimum atomic E-state index is -0.545. The van der Waals surface area contributed by atoms with Crippen LogP contribution >= 0.6 is 15.9 Å². The number of carbonyl (C=O) groups is 2. The zero-order valence-corrected chi connectivity index (χ0v) is 15.1. The number of halogens is 1. The Morgan fingerprint density at radius 3 is 2.67 bits per heavy atom. The summed E-state index contributed by atoms with van der Waals surface area (Å²) >= 11 is 3.43. The van der Waals surface area contributed by atoms with Crippen molar-refractivity contribution in [3.8, 4) is 0 Å². The fraction of sp³-hybridized carbons (Fsp3) is 0.556. The van der Waals surface area contributed by atoms with Crippen molar-refractivity contribution in [2.24, 2.45) is 5.92 Å². The van der Waals surface area contributed by atoms with E-state index in [-0.39, 0.29) is 17.9 Å². The van der Waals surface area contributed by atoms with Gasteiger partial charge in [-0.25, -0.2) is 0 Å². The monoisotopic (exact) mass is 391 g/mol. The number of rotatable bonds is 3. The fourth-order valence-corrected chi connectivity index (χ4v) is 4.69. The number of anilines is 1. The lowest BCUT2D eigenvalue weighted by Gasteiger charge is -2.30. The average Bonchev–Trinajstić information content (AvgIpc) is 3.10. The van der Waals surface area contributed by atoms with Gasteiger partial charge in [0, 0.05) is 34.8 Å². The van der Waals surface area contributed by atoms with E-state index >= 15 is 0 Å². The zero-order valence-electron chi connectivity index (χ0n) is 13.5. The van der Waals surface area contributed by atoms with Gasteiger partial charge in [-0.1, -0.05) is 22.0 Å². The van der Waals surface area contributed by atoms with Crippen LogP contribution < -0.4 is 15.5 Å². The molecular weight excluding hydrogens is 370 g/mol. The van der Waals surface area contributed by atoms with Gasteiger partial charge in [0.05, 0.1) is 0 Å². The number of nitrogens with one attached hydrogen (secondary N) is 2. The molecule has 2 bridgehead atoms. The standard InChI is InChI=1S/C18H22BrN3O2/c19-11-2-1-3-15(8-11)22-7-6-16(18(22)24)17(23)21-14-9-12-4-5-13(10-14)20-12/h1-3,8,12-14,16,20H,4-7,9-10H2,(H,21,23). The summed E-state index contributed by atoms with van der Waals surface area (Å²) < 4.78 is 0.936. The van der Waals surface area contributed by atoms with E-state index in [0.29, 0.717) is 25.0 Å². The van der Waals surface area contributed by atoms with Gasteiger partial charge in [0.2, 0.25) is 11.8 Å². The Morgan fingerprint density at radius 1 is 1.21 bits per heavy atom. The van der Waals surface area contributed by atoms with E-state index in [2.05, 4.69) is 26.6 Å². The van der Waals surface area contributed by atoms with Gasteiger partial charge in [-0.15, -0.1) is 0 Å². The maximum absolute atomic E-state index is 12.7. The fourth-order valence-electron chi connectivity index (χ4n) is 4.30. The molecular formula is C18H22BrN3O2. The molecule has 24 heavy (non-hydrogen) atoms. The van der Waals surface area contributed by atoms with Gasteiger partial charge in [-0.2, -0.15) is 0 Å². The third-order valence-electron chi connectivity index (χ3n) is 5.46. The molecule has 5 nitrogen and oxygen atoms in total. The number of amides is 2. The molecule has 2 amide bonds. The van der Waals surface area contributed by atoms with Gasteiger partial charge in [0.1, 0.15) is 5.92 Å². The number of nitrogens with zero attached hydrogens (tertiary/aromatic N) is 1. The van der Waals surface area contributed by atoms with Crippen molar-refractivity contribution in [2.45, 2.75) is 50.2 Å². The molecule has 0 aromatic heterocycles. The number of piperidine rings is 1. The highest BCUT2D eigenvalue weighted by molar-refractivity contribution is 9.10. The lowest BCUT2D eigenvalue weighted by atomic mass is 9.98. The first kappa shape index (κ1) is 16.1. The summed E-state index contributed by atoms with van der Waals surface area (Å²) in [5.41, 5.74) is 0.851. The van der Waals surface area contributed by atoms with Gasteiger partial charge in [-0.05, 0) is 50.3 Å². The lowest BCUT2D eigenvalue weighted by Crippen LogP contribution is -2.50. The van der Waals surface area contributed by atoms with Crippen LogP contribution in [0.5, 0.6) is 0 Å². The second-order valence-electron chi connectivity index (χ2n) is 7.13. The van der Waals surface area contributed by atoms with Gasteiger partial charge in [0.25, 0.3) is 0 Å². The predicted octanol–water partition coefficient (Wildman–Crippen LogP) is 2.20. The van der Waals surface area contributed by atoms with Gasteiger partial charge < -0.3 is 15.5 Å². The van der Waals surface area contributed by atoms with Crippen molar-refractivity contribution in [3.05, 3.63) is 28.7 Å². The summed E-state index contributed by atoms with van der Waals surface area (Å²) in [6.45, 7) is 0.602. The molecule has 1 aromatic carbocycles. The quantitative estimate of drug-likeness (QED) is 0.776. The Balaban J connectivity index is 1.40. The van der Waals surface area contributed by atoms with Crippen LogP contribution in [0.3, 0.4) is 0 Å². The molecule has 3 heterocycles. The van der Waals surface area contributed by atoms with E-state index in [1.807, 2.05) is 24.3 Å². The van der Waals surface area contributed by atoms with E-state index in [1.54, 1.807) is 4.90 Å². The van der Waals surface area contributed by atoms with Crippen LogP contribution in [-0.2, 0) is 9.59 Å². The minimum Gasteiger partial charge on any atom is -0.353 e. The number of hydrogen-bond donors (Lipinski definition) is 2. The summed E-state index contributed by atoms with van der Waals surface area (Å²) in [4.78, 5) is 27.0. The lowest BCUT2D eigenvalue weighted by molar-refractivity contribution is -0.132. The van der Waals surface area contributed by atoms with E-state index in [1.165, 1.54) is 12.8 Å². The smallest absolute Gasteiger partial charge is 0.239 e. The van der Waals surface area contributed by atoms with Crippen LogP contribution in [0, 0.1) is 5.92 Å². The minimum absolute atomic E-state index is 0.0810. The highest BCUT2D eigenvalue weighted by atomic mass is 79.9. The summed E-state index contributed by atoms with van der Waals surface area (Å²) in [7, 11) is 0. The molecule has 3 aliphatic heterocycles. The first-order valence-corrected chi connectivity index (χ1v) is 9.53. The van der Waals surface area contributed by atoms with E-state index in [4.69, 9.17) is 0 Å². The summed E-state index contributed by atoms with van der Waals surface area (Å²) in [6, 6.07) is 8.95. The number of hydrogen-bond acceptors (Lipinski definition) is 3. The Kier molecular flexibility index (Phi) is 4.35. The van der Waals surface area contributed by atoms with Crippen molar-refractivity contribution in [2.75, 3.05) is 11.4 Å². The molecule has 3 saturated heterocycles. The first-order valence-electron chi connectivity index (χ1n) is 8.73. The molecule has 3 unspecified atom stereocenters. The maximum Gasteiger partial charge on any atom is 0.239 e. The van der Waals surface area contributed by atoms with Crippen LogP contribution in [0.4, 0.5) is 5.69 Å². The number of fused-ring (bicyclic) bond motifs is 2. The van der Waals surface area contributed by atoms with Crippen LogP contribution in [0.25, 0.3) is 0 Å². The largest absolute Gasteiger partial charge is 0.353 e. The molecule has 3 aliphatic rings. The molecule has 0 aliphatic carbocycles. The number of benzene rings is 1. The summed E-state index contributed by atoms with van der Waals surface area (Å²) in [5.74, 6) is -0.720. The van der Waals surface area contributed by atoms with Gasteiger partial charge >= 0.3 is 0 Å². The topological polar surface area (TPSA) is 61.4 Å². The highest BCUT2D eigenvalue weighted by Crippen LogP contribution is 2.29. The molecule has 6 heteroatoms. The van der Waals surface area contributed by atoms with Crippen molar-refractivity contribution >= 4 is 33.4 Å². The second kappa shape index (κ2) is 6.48.